The molecule has 0 bridgehead atoms. The van der Waals surface area contributed by atoms with E-state index in [1.165, 1.54) is 0 Å². The van der Waals surface area contributed by atoms with Crippen LogP contribution < -0.4 is 16.2 Å². The summed E-state index contributed by atoms with van der Waals surface area (Å²) in [5.74, 6) is 0.449. The Morgan fingerprint density at radius 3 is 2.75 bits per heavy atom. The summed E-state index contributed by atoms with van der Waals surface area (Å²) < 4.78 is 5.49. The minimum atomic E-state index is 0.409. The van der Waals surface area contributed by atoms with E-state index in [0.29, 0.717) is 18.2 Å². The number of rotatable bonds is 3. The number of anilines is 2. The van der Waals surface area contributed by atoms with Crippen LogP contribution in [0.2, 0.25) is 0 Å². The fourth-order valence-corrected chi connectivity index (χ4v) is 1.36. The Kier molecular flexibility index (Phi) is 2.91. The van der Waals surface area contributed by atoms with Gasteiger partial charge in [-0.1, -0.05) is 12.1 Å². The summed E-state index contributed by atoms with van der Waals surface area (Å²) in [6.07, 6.45) is 1.64. The van der Waals surface area contributed by atoms with Crippen LogP contribution in [0.3, 0.4) is 0 Å². The summed E-state index contributed by atoms with van der Waals surface area (Å²) >= 11 is 0. The molecule has 0 aliphatic heterocycles. The maximum absolute atomic E-state index is 5.70. The lowest BCUT2D eigenvalue weighted by Gasteiger charge is -2.07. The van der Waals surface area contributed by atoms with Gasteiger partial charge in [-0.05, 0) is 29.8 Å². The number of hydrogen-bond donors (Lipinski definition) is 2. The molecule has 0 aliphatic carbocycles. The van der Waals surface area contributed by atoms with E-state index in [2.05, 4.69) is 4.98 Å². The maximum atomic E-state index is 5.70. The number of nitrogen functional groups attached to an aromatic ring is 2. The molecule has 2 aromatic rings. The van der Waals surface area contributed by atoms with E-state index >= 15 is 0 Å². The molecule has 0 amide bonds. The average molecular weight is 215 g/mol. The quantitative estimate of drug-likeness (QED) is 0.766. The molecule has 4 heteroatoms. The van der Waals surface area contributed by atoms with Crippen LogP contribution in [0.15, 0.2) is 42.6 Å². The van der Waals surface area contributed by atoms with Crippen LogP contribution >= 0.6 is 0 Å². The standard InChI is InChI=1S/C12H13N3O/c13-10-4-1-3-9(7-10)8-16-12-11(14)5-2-6-15-12/h1-7H,8,13-14H2. The van der Waals surface area contributed by atoms with Gasteiger partial charge in [0.1, 0.15) is 6.61 Å². The van der Waals surface area contributed by atoms with Crippen molar-refractivity contribution in [2.24, 2.45) is 0 Å². The van der Waals surface area contributed by atoms with Crippen LogP contribution in [-0.4, -0.2) is 4.98 Å². The van der Waals surface area contributed by atoms with Crippen LogP contribution in [0.25, 0.3) is 0 Å². The first-order valence-corrected chi connectivity index (χ1v) is 4.93. The minimum absolute atomic E-state index is 0.409. The van der Waals surface area contributed by atoms with Gasteiger partial charge in [0.05, 0.1) is 5.69 Å². The molecule has 82 valence electrons. The molecule has 0 aliphatic rings. The van der Waals surface area contributed by atoms with Crippen LogP contribution in [-0.2, 0) is 6.61 Å². The summed E-state index contributed by atoms with van der Waals surface area (Å²) in [6, 6.07) is 11.0. The predicted octanol–water partition coefficient (Wildman–Crippen LogP) is 1.82. The summed E-state index contributed by atoms with van der Waals surface area (Å²) in [6.45, 7) is 0.409. The highest BCUT2D eigenvalue weighted by molar-refractivity contribution is 5.47. The molecule has 0 fully saturated rings. The summed E-state index contributed by atoms with van der Waals surface area (Å²) in [4.78, 5) is 4.04. The number of hydrogen-bond acceptors (Lipinski definition) is 4. The second-order valence-corrected chi connectivity index (χ2v) is 3.43. The number of aromatic nitrogens is 1. The molecule has 1 aromatic carbocycles. The molecule has 0 radical (unpaired) electrons. The Morgan fingerprint density at radius 1 is 1.12 bits per heavy atom. The van der Waals surface area contributed by atoms with E-state index in [0.717, 1.165) is 11.3 Å². The topological polar surface area (TPSA) is 74.2 Å². The van der Waals surface area contributed by atoms with Crippen molar-refractivity contribution in [2.75, 3.05) is 11.5 Å². The molecular formula is C12H13N3O. The van der Waals surface area contributed by atoms with Crippen molar-refractivity contribution in [3.05, 3.63) is 48.2 Å². The van der Waals surface area contributed by atoms with E-state index in [1.807, 2.05) is 24.3 Å². The Hall–Kier alpha value is -2.23. The zero-order chi connectivity index (χ0) is 11.4. The third kappa shape index (κ3) is 2.42. The maximum Gasteiger partial charge on any atom is 0.237 e. The summed E-state index contributed by atoms with van der Waals surface area (Å²) in [5, 5.41) is 0. The van der Waals surface area contributed by atoms with Gasteiger partial charge in [0.25, 0.3) is 0 Å². The number of pyridine rings is 1. The van der Waals surface area contributed by atoms with Crippen molar-refractivity contribution in [1.82, 2.24) is 4.98 Å². The largest absolute Gasteiger partial charge is 0.471 e. The smallest absolute Gasteiger partial charge is 0.237 e. The molecular weight excluding hydrogens is 202 g/mol. The van der Waals surface area contributed by atoms with Crippen LogP contribution in [0.4, 0.5) is 11.4 Å². The highest BCUT2D eigenvalue weighted by Crippen LogP contribution is 2.18. The highest BCUT2D eigenvalue weighted by atomic mass is 16.5. The molecule has 0 saturated carbocycles. The zero-order valence-corrected chi connectivity index (χ0v) is 8.76. The lowest BCUT2D eigenvalue weighted by molar-refractivity contribution is 0.296. The number of ether oxygens (including phenoxy) is 1. The second kappa shape index (κ2) is 4.53. The molecule has 0 saturated heterocycles. The van der Waals surface area contributed by atoms with Gasteiger partial charge in [-0.15, -0.1) is 0 Å². The zero-order valence-electron chi connectivity index (χ0n) is 8.76. The average Bonchev–Trinajstić information content (AvgIpc) is 2.28. The van der Waals surface area contributed by atoms with E-state index in [4.69, 9.17) is 16.2 Å². The van der Waals surface area contributed by atoms with Crippen molar-refractivity contribution in [2.45, 2.75) is 6.61 Å². The van der Waals surface area contributed by atoms with E-state index in [9.17, 15) is 0 Å². The third-order valence-electron chi connectivity index (χ3n) is 2.13. The highest BCUT2D eigenvalue weighted by Gasteiger charge is 2.01. The fraction of sp³-hybridized carbons (Fsp3) is 0.0833. The van der Waals surface area contributed by atoms with Gasteiger partial charge in [-0.25, -0.2) is 4.98 Å². The number of nitrogens with two attached hydrogens (primary N) is 2. The SMILES string of the molecule is Nc1cccc(COc2ncccc2N)c1. The Morgan fingerprint density at radius 2 is 2.00 bits per heavy atom. The Balaban J connectivity index is 2.05. The van der Waals surface area contributed by atoms with E-state index < -0.39 is 0 Å². The van der Waals surface area contributed by atoms with Crippen LogP contribution in [0, 0.1) is 0 Å². The molecule has 1 aromatic heterocycles. The van der Waals surface area contributed by atoms with Crippen molar-refractivity contribution in [1.29, 1.82) is 0 Å². The first-order chi connectivity index (χ1) is 7.75. The van der Waals surface area contributed by atoms with Crippen molar-refractivity contribution in [3.63, 3.8) is 0 Å². The van der Waals surface area contributed by atoms with E-state index in [1.54, 1.807) is 18.3 Å². The molecule has 0 atom stereocenters. The number of benzene rings is 1. The van der Waals surface area contributed by atoms with Gasteiger partial charge >= 0.3 is 0 Å². The normalized spacial score (nSPS) is 10.0. The molecule has 0 unspecified atom stereocenters. The molecule has 4 nitrogen and oxygen atoms in total. The molecule has 16 heavy (non-hydrogen) atoms. The first-order valence-electron chi connectivity index (χ1n) is 4.93. The lowest BCUT2D eigenvalue weighted by Crippen LogP contribution is -2.00. The van der Waals surface area contributed by atoms with Gasteiger partial charge in [0, 0.05) is 11.9 Å². The van der Waals surface area contributed by atoms with E-state index in [-0.39, 0.29) is 0 Å². The first kappa shape index (κ1) is 10.3. The summed E-state index contributed by atoms with van der Waals surface area (Å²) in [5.41, 5.74) is 13.6. The fourth-order valence-electron chi connectivity index (χ4n) is 1.36. The lowest BCUT2D eigenvalue weighted by atomic mass is 10.2. The van der Waals surface area contributed by atoms with Crippen LogP contribution in [0.1, 0.15) is 5.56 Å². The van der Waals surface area contributed by atoms with Gasteiger partial charge < -0.3 is 16.2 Å². The minimum Gasteiger partial charge on any atom is -0.471 e. The van der Waals surface area contributed by atoms with Gasteiger partial charge in [-0.3, -0.25) is 0 Å². The predicted molar refractivity (Wildman–Crippen MR) is 63.8 cm³/mol. The Bertz CT molecular complexity index is 485. The van der Waals surface area contributed by atoms with Gasteiger partial charge in [-0.2, -0.15) is 0 Å². The van der Waals surface area contributed by atoms with Crippen molar-refractivity contribution >= 4 is 11.4 Å². The second-order valence-electron chi connectivity index (χ2n) is 3.43. The molecule has 2 rings (SSSR count). The summed E-state index contributed by atoms with van der Waals surface area (Å²) in [7, 11) is 0. The van der Waals surface area contributed by atoms with Crippen LogP contribution in [0.5, 0.6) is 5.88 Å². The van der Waals surface area contributed by atoms with Crippen molar-refractivity contribution in [3.8, 4) is 5.88 Å². The van der Waals surface area contributed by atoms with Gasteiger partial charge in [0.2, 0.25) is 5.88 Å². The van der Waals surface area contributed by atoms with Gasteiger partial charge in [0.15, 0.2) is 0 Å². The Labute approximate surface area is 93.9 Å². The van der Waals surface area contributed by atoms with Crippen molar-refractivity contribution < 1.29 is 4.74 Å². The molecule has 0 spiro atoms. The monoisotopic (exact) mass is 215 g/mol. The number of nitrogens with zero attached hydrogens (tertiary/aromatic N) is 1. The molecule has 4 N–H and O–H groups in total. The third-order valence-corrected chi connectivity index (χ3v) is 2.13. The molecule has 1 heterocycles.